The zero-order chi connectivity index (χ0) is 22.7. The van der Waals surface area contributed by atoms with E-state index >= 15 is 0 Å². The minimum Gasteiger partial charge on any atom is -0.324 e. The number of aliphatic imine (C=N–C) groups is 1. The van der Waals surface area contributed by atoms with Crippen molar-refractivity contribution in [2.45, 2.75) is 20.3 Å². The summed E-state index contributed by atoms with van der Waals surface area (Å²) >= 11 is 1.43. The fraction of sp³-hybridized carbons (Fsp3) is 0.292. The molecule has 0 spiro atoms. The fourth-order valence-corrected chi connectivity index (χ4v) is 4.91. The van der Waals surface area contributed by atoms with Crippen LogP contribution in [0.25, 0.3) is 21.7 Å². The number of thiazole rings is 1. The molecule has 3 heterocycles. The van der Waals surface area contributed by atoms with Gasteiger partial charge in [0.1, 0.15) is 0 Å². The monoisotopic (exact) mass is 444 g/mol. The number of nitriles is 1. The number of rotatable bonds is 4. The molecule has 162 valence electrons. The Labute approximate surface area is 191 Å². The number of carbonyl (C=O) groups excluding carboxylic acids is 1. The molecule has 0 radical (unpaired) electrons. The molecule has 4 rings (SSSR count). The third-order valence-corrected chi connectivity index (χ3v) is 6.34. The van der Waals surface area contributed by atoms with E-state index in [0.717, 1.165) is 39.5 Å². The Bertz CT molecular complexity index is 1210. The molecular formula is C24H24N6OS. The second kappa shape index (κ2) is 9.28. The molecule has 7 nitrogen and oxygen atoms in total. The van der Waals surface area contributed by atoms with Crippen molar-refractivity contribution in [2.24, 2.45) is 10.9 Å². The summed E-state index contributed by atoms with van der Waals surface area (Å²) in [6.07, 6.45) is 2.82. The predicted octanol–water partition coefficient (Wildman–Crippen LogP) is 4.92. The largest absolute Gasteiger partial charge is 0.324 e. The van der Waals surface area contributed by atoms with Crippen molar-refractivity contribution in [3.05, 3.63) is 53.3 Å². The van der Waals surface area contributed by atoms with Gasteiger partial charge in [0.15, 0.2) is 5.13 Å². The molecule has 0 bridgehead atoms. The van der Waals surface area contributed by atoms with Crippen molar-refractivity contribution < 1.29 is 4.79 Å². The van der Waals surface area contributed by atoms with Gasteiger partial charge in [-0.3, -0.25) is 10.3 Å². The van der Waals surface area contributed by atoms with Gasteiger partial charge in [0.25, 0.3) is 0 Å². The van der Waals surface area contributed by atoms with Crippen LogP contribution in [0.4, 0.5) is 9.93 Å². The minimum atomic E-state index is -0.156. The summed E-state index contributed by atoms with van der Waals surface area (Å²) in [5.41, 5.74) is 4.96. The molecule has 1 N–H and O–H groups in total. The molecule has 0 aliphatic carbocycles. The number of nitrogens with zero attached hydrogens (tertiary/aromatic N) is 5. The molecule has 8 heteroatoms. The van der Waals surface area contributed by atoms with E-state index in [1.807, 2.05) is 50.4 Å². The van der Waals surface area contributed by atoms with Crippen molar-refractivity contribution >= 4 is 28.7 Å². The molecule has 1 fully saturated rings. The van der Waals surface area contributed by atoms with E-state index in [2.05, 4.69) is 21.4 Å². The van der Waals surface area contributed by atoms with E-state index in [-0.39, 0.29) is 6.03 Å². The van der Waals surface area contributed by atoms with Crippen molar-refractivity contribution in [3.8, 4) is 27.8 Å². The second-order valence-corrected chi connectivity index (χ2v) is 8.86. The first-order valence-electron chi connectivity index (χ1n) is 10.4. The Balaban J connectivity index is 1.69. The maximum absolute atomic E-state index is 12.9. The highest BCUT2D eigenvalue weighted by Crippen LogP contribution is 2.39. The van der Waals surface area contributed by atoms with Crippen LogP contribution in [0.2, 0.25) is 0 Å². The molecule has 2 amide bonds. The van der Waals surface area contributed by atoms with Crippen LogP contribution in [0.15, 0.2) is 41.4 Å². The lowest BCUT2D eigenvalue weighted by Gasteiger charge is -2.15. The van der Waals surface area contributed by atoms with Crippen LogP contribution in [0.1, 0.15) is 23.4 Å². The van der Waals surface area contributed by atoms with Crippen LogP contribution >= 0.6 is 11.3 Å². The van der Waals surface area contributed by atoms with Gasteiger partial charge >= 0.3 is 6.03 Å². The molecule has 0 saturated carbocycles. The van der Waals surface area contributed by atoms with Gasteiger partial charge in [-0.15, -0.1) is 0 Å². The van der Waals surface area contributed by atoms with E-state index in [1.54, 1.807) is 18.0 Å². The number of hydrogen-bond donors (Lipinski definition) is 1. The first-order valence-corrected chi connectivity index (χ1v) is 11.2. The number of urea groups is 1. The summed E-state index contributed by atoms with van der Waals surface area (Å²) in [4.78, 5) is 28.9. The average molecular weight is 445 g/mol. The Kier molecular flexibility index (Phi) is 6.28. The number of likely N-dealkylation sites (tertiary alicyclic amines) is 1. The van der Waals surface area contributed by atoms with Crippen molar-refractivity contribution in [1.29, 1.82) is 5.26 Å². The fourth-order valence-electron chi connectivity index (χ4n) is 3.94. The first kappa shape index (κ1) is 21.7. The summed E-state index contributed by atoms with van der Waals surface area (Å²) in [6.45, 7) is 5.26. The van der Waals surface area contributed by atoms with Crippen LogP contribution < -0.4 is 5.32 Å². The number of aryl methyl sites for hydroxylation is 2. The first-order chi connectivity index (χ1) is 15.5. The Hall–Kier alpha value is -3.57. The highest BCUT2D eigenvalue weighted by Gasteiger charge is 2.26. The van der Waals surface area contributed by atoms with Crippen molar-refractivity contribution in [3.63, 3.8) is 0 Å². The highest BCUT2D eigenvalue weighted by atomic mass is 32.1. The zero-order valence-electron chi connectivity index (χ0n) is 18.3. The Morgan fingerprint density at radius 3 is 2.75 bits per heavy atom. The summed E-state index contributed by atoms with van der Waals surface area (Å²) < 4.78 is 0. The lowest BCUT2D eigenvalue weighted by atomic mass is 10.0. The summed E-state index contributed by atoms with van der Waals surface area (Å²) in [7, 11) is 1.76. The van der Waals surface area contributed by atoms with Gasteiger partial charge in [-0.1, -0.05) is 23.5 Å². The van der Waals surface area contributed by atoms with Crippen LogP contribution in [-0.2, 0) is 0 Å². The standard InChI is InChI=1S/C24H24N6OS/c1-15-9-20(10-16(2)27-15)22-21(19-6-4-5-17(11-19)12-25)28-23(32-22)29-24(31)30-8-7-18(14-30)13-26-3/h4-6,9-11,13,18H,7-8,14H2,1-3H3,(H,28,29,31)/t18-/m0/s1. The summed E-state index contributed by atoms with van der Waals surface area (Å²) in [6, 6.07) is 13.4. The van der Waals surface area contributed by atoms with E-state index in [0.29, 0.717) is 29.7 Å². The lowest BCUT2D eigenvalue weighted by molar-refractivity contribution is 0.222. The van der Waals surface area contributed by atoms with Crippen LogP contribution in [0.3, 0.4) is 0 Å². The van der Waals surface area contributed by atoms with Crippen molar-refractivity contribution in [1.82, 2.24) is 14.9 Å². The molecule has 2 aromatic heterocycles. The quantitative estimate of drug-likeness (QED) is 0.578. The Morgan fingerprint density at radius 2 is 2.03 bits per heavy atom. The molecule has 3 aromatic rings. The van der Waals surface area contributed by atoms with E-state index in [1.165, 1.54) is 11.3 Å². The van der Waals surface area contributed by atoms with Crippen molar-refractivity contribution in [2.75, 3.05) is 25.5 Å². The molecule has 1 atom stereocenters. The lowest BCUT2D eigenvalue weighted by Crippen LogP contribution is -2.33. The number of anilines is 1. The molecular weight excluding hydrogens is 420 g/mol. The molecule has 0 unspecified atom stereocenters. The highest BCUT2D eigenvalue weighted by molar-refractivity contribution is 7.19. The molecule has 1 aliphatic heterocycles. The molecule has 1 aromatic carbocycles. The number of carbonyl (C=O) groups is 1. The van der Waals surface area contributed by atoms with Gasteiger partial charge in [0, 0.05) is 49.2 Å². The minimum absolute atomic E-state index is 0.156. The van der Waals surface area contributed by atoms with Gasteiger partial charge in [-0.05, 0) is 50.1 Å². The van der Waals surface area contributed by atoms with Gasteiger partial charge in [-0.25, -0.2) is 9.78 Å². The van der Waals surface area contributed by atoms with Gasteiger partial charge in [0.05, 0.1) is 22.2 Å². The van der Waals surface area contributed by atoms with E-state index in [4.69, 9.17) is 4.98 Å². The van der Waals surface area contributed by atoms with Gasteiger partial charge in [-0.2, -0.15) is 5.26 Å². The van der Waals surface area contributed by atoms with Crippen LogP contribution in [0.5, 0.6) is 0 Å². The number of benzene rings is 1. The van der Waals surface area contributed by atoms with Gasteiger partial charge in [0.2, 0.25) is 0 Å². The normalized spacial score (nSPS) is 15.8. The molecule has 32 heavy (non-hydrogen) atoms. The summed E-state index contributed by atoms with van der Waals surface area (Å²) in [5, 5.41) is 12.8. The number of pyridine rings is 1. The van der Waals surface area contributed by atoms with Crippen LogP contribution in [0, 0.1) is 31.1 Å². The molecule has 1 aliphatic rings. The number of aromatic nitrogens is 2. The van der Waals surface area contributed by atoms with Crippen LogP contribution in [-0.4, -0.2) is 47.3 Å². The Morgan fingerprint density at radius 1 is 1.25 bits per heavy atom. The smallest absolute Gasteiger partial charge is 0.323 e. The third-order valence-electron chi connectivity index (χ3n) is 5.32. The van der Waals surface area contributed by atoms with E-state index < -0.39 is 0 Å². The zero-order valence-corrected chi connectivity index (χ0v) is 19.1. The number of nitrogens with one attached hydrogen (secondary N) is 1. The third kappa shape index (κ3) is 4.68. The summed E-state index contributed by atoms with van der Waals surface area (Å²) in [5.74, 6) is 0.296. The van der Waals surface area contributed by atoms with E-state index in [9.17, 15) is 10.1 Å². The molecule has 1 saturated heterocycles. The topological polar surface area (TPSA) is 94.3 Å². The maximum Gasteiger partial charge on any atom is 0.323 e. The SMILES string of the molecule is CN=C[C@@H]1CCN(C(=O)Nc2nc(-c3cccc(C#N)c3)c(-c3cc(C)nc(C)c3)s2)C1. The number of amides is 2. The number of hydrogen-bond acceptors (Lipinski definition) is 6. The average Bonchev–Trinajstić information content (AvgIpc) is 3.41. The maximum atomic E-state index is 12.9. The van der Waals surface area contributed by atoms with Gasteiger partial charge < -0.3 is 9.89 Å². The second-order valence-electron chi connectivity index (χ2n) is 7.86. The predicted molar refractivity (Wildman–Crippen MR) is 128 cm³/mol.